The van der Waals surface area contributed by atoms with Crippen molar-refractivity contribution in [2.75, 3.05) is 7.11 Å². The average Bonchev–Trinajstić information content (AvgIpc) is 2.64. The minimum atomic E-state index is -0.842. The van der Waals surface area contributed by atoms with E-state index in [1.54, 1.807) is 24.3 Å². The third kappa shape index (κ3) is 4.63. The number of hydrogen-bond donors (Lipinski definition) is 2. The van der Waals surface area contributed by atoms with Crippen LogP contribution in [0.25, 0.3) is 6.08 Å². The van der Waals surface area contributed by atoms with Crippen molar-refractivity contribution in [3.8, 4) is 11.5 Å². The van der Waals surface area contributed by atoms with E-state index in [4.69, 9.17) is 21.1 Å². The van der Waals surface area contributed by atoms with Gasteiger partial charge in [0, 0.05) is 5.02 Å². The molecular formula is C19H14ClIN2O5. The van der Waals surface area contributed by atoms with Gasteiger partial charge in [0.25, 0.3) is 11.8 Å². The quantitative estimate of drug-likeness (QED) is 0.364. The minimum Gasteiger partial charge on any atom is -0.493 e. The molecule has 0 spiro atoms. The lowest BCUT2D eigenvalue weighted by Gasteiger charge is -2.16. The van der Waals surface area contributed by atoms with Crippen molar-refractivity contribution in [1.29, 1.82) is 0 Å². The van der Waals surface area contributed by atoms with Crippen LogP contribution in [0.3, 0.4) is 0 Å². The van der Waals surface area contributed by atoms with Crippen molar-refractivity contribution in [1.82, 2.24) is 10.6 Å². The Bertz CT molecular complexity index is 967. The molecule has 0 bridgehead atoms. The Hall–Kier alpha value is -2.59. The van der Waals surface area contributed by atoms with E-state index in [0.717, 1.165) is 9.13 Å². The highest BCUT2D eigenvalue weighted by Crippen LogP contribution is 2.35. The molecule has 0 unspecified atom stereocenters. The van der Waals surface area contributed by atoms with Crippen molar-refractivity contribution in [2.24, 2.45) is 0 Å². The van der Waals surface area contributed by atoms with E-state index in [1.165, 1.54) is 13.2 Å². The van der Waals surface area contributed by atoms with Crippen molar-refractivity contribution in [3.05, 3.63) is 61.7 Å². The second kappa shape index (κ2) is 8.61. The summed E-state index contributed by atoms with van der Waals surface area (Å²) in [5.41, 5.74) is 1.32. The minimum absolute atomic E-state index is 0.174. The summed E-state index contributed by atoms with van der Waals surface area (Å²) in [5, 5.41) is 4.71. The fourth-order valence-corrected chi connectivity index (χ4v) is 3.38. The monoisotopic (exact) mass is 512 g/mol. The van der Waals surface area contributed by atoms with E-state index >= 15 is 0 Å². The summed E-state index contributed by atoms with van der Waals surface area (Å²) in [6.07, 6.45) is 1.38. The molecule has 3 rings (SSSR count). The number of urea groups is 1. The topological polar surface area (TPSA) is 93.7 Å². The Labute approximate surface area is 179 Å². The number of nitrogens with one attached hydrogen (secondary N) is 2. The highest BCUT2D eigenvalue weighted by atomic mass is 127. The normalized spacial score (nSPS) is 13.7. The van der Waals surface area contributed by atoms with Gasteiger partial charge in [-0.1, -0.05) is 23.7 Å². The van der Waals surface area contributed by atoms with Crippen molar-refractivity contribution < 1.29 is 23.9 Å². The Balaban J connectivity index is 1.86. The predicted octanol–water partition coefficient (Wildman–Crippen LogP) is 3.28. The summed E-state index contributed by atoms with van der Waals surface area (Å²) in [6.45, 7) is 0.316. The highest BCUT2D eigenvalue weighted by Gasteiger charge is 2.27. The molecule has 0 radical (unpaired) electrons. The van der Waals surface area contributed by atoms with E-state index in [2.05, 4.69) is 22.6 Å². The number of hydrogen-bond acceptors (Lipinski definition) is 5. The zero-order valence-corrected chi connectivity index (χ0v) is 17.5. The summed E-state index contributed by atoms with van der Waals surface area (Å²) in [6, 6.07) is 9.83. The SMILES string of the molecule is COc1cc(C=C2C(=O)NC(=O)NC2=O)cc(I)c1OCc1ccc(Cl)cc1. The van der Waals surface area contributed by atoms with Crippen molar-refractivity contribution in [2.45, 2.75) is 6.61 Å². The number of halogens is 2. The van der Waals surface area contributed by atoms with Crippen LogP contribution >= 0.6 is 34.2 Å². The largest absolute Gasteiger partial charge is 0.493 e. The lowest BCUT2D eigenvalue weighted by atomic mass is 10.1. The highest BCUT2D eigenvalue weighted by molar-refractivity contribution is 14.1. The van der Waals surface area contributed by atoms with Gasteiger partial charge in [-0.15, -0.1) is 0 Å². The van der Waals surface area contributed by atoms with Gasteiger partial charge in [0.05, 0.1) is 10.7 Å². The Morgan fingerprint density at radius 1 is 1.07 bits per heavy atom. The van der Waals surface area contributed by atoms with Crippen LogP contribution in [0.5, 0.6) is 11.5 Å². The number of carbonyl (C=O) groups excluding carboxylic acids is 3. The van der Waals surface area contributed by atoms with Gasteiger partial charge in [0.2, 0.25) is 0 Å². The summed E-state index contributed by atoms with van der Waals surface area (Å²) in [5.74, 6) is -0.537. The van der Waals surface area contributed by atoms with Crippen LogP contribution in [0.4, 0.5) is 4.79 Å². The fourth-order valence-electron chi connectivity index (χ4n) is 2.47. The maximum Gasteiger partial charge on any atom is 0.328 e. The molecule has 1 saturated heterocycles. The van der Waals surface area contributed by atoms with Gasteiger partial charge in [0.1, 0.15) is 12.2 Å². The first-order valence-corrected chi connectivity index (χ1v) is 9.46. The first kappa shape index (κ1) is 20.2. The van der Waals surface area contributed by atoms with Crippen LogP contribution in [-0.4, -0.2) is 25.0 Å². The molecule has 4 amide bonds. The number of benzene rings is 2. The number of ether oxygens (including phenoxy) is 2. The van der Waals surface area contributed by atoms with E-state index in [0.29, 0.717) is 28.7 Å². The van der Waals surface area contributed by atoms with Crippen LogP contribution in [0.15, 0.2) is 42.0 Å². The fraction of sp³-hybridized carbons (Fsp3) is 0.105. The van der Waals surface area contributed by atoms with E-state index in [-0.39, 0.29) is 5.57 Å². The molecule has 144 valence electrons. The van der Waals surface area contributed by atoms with Gasteiger partial charge in [-0.05, 0) is 64.1 Å². The Morgan fingerprint density at radius 2 is 1.71 bits per heavy atom. The molecule has 2 N–H and O–H groups in total. The number of methoxy groups -OCH3 is 1. The maximum absolute atomic E-state index is 11.9. The lowest BCUT2D eigenvalue weighted by Crippen LogP contribution is -2.51. The standard InChI is InChI=1S/C19H14ClIN2O5/c1-27-15-8-11(6-13-17(24)22-19(26)23-18(13)25)7-14(21)16(15)28-9-10-2-4-12(20)5-3-10/h2-8H,9H2,1H3,(H2,22,23,24,25,26). The molecule has 0 aliphatic carbocycles. The molecule has 2 aromatic carbocycles. The maximum atomic E-state index is 11.9. The first-order chi connectivity index (χ1) is 13.4. The summed E-state index contributed by atoms with van der Waals surface area (Å²) < 4.78 is 12.0. The smallest absolute Gasteiger partial charge is 0.328 e. The molecule has 28 heavy (non-hydrogen) atoms. The number of barbiturate groups is 1. The van der Waals surface area contributed by atoms with Crippen molar-refractivity contribution >= 4 is 58.1 Å². The Morgan fingerprint density at radius 3 is 2.32 bits per heavy atom. The molecule has 9 heteroatoms. The van der Waals surface area contributed by atoms with Gasteiger partial charge < -0.3 is 9.47 Å². The number of amides is 4. The molecular weight excluding hydrogens is 499 g/mol. The third-order valence-corrected chi connectivity index (χ3v) is 4.86. The molecule has 1 aliphatic heterocycles. The van der Waals surface area contributed by atoms with E-state index in [1.807, 2.05) is 22.8 Å². The van der Waals surface area contributed by atoms with Gasteiger partial charge in [-0.3, -0.25) is 20.2 Å². The van der Waals surface area contributed by atoms with Crippen LogP contribution in [-0.2, 0) is 16.2 Å². The van der Waals surface area contributed by atoms with Gasteiger partial charge in [-0.25, -0.2) is 4.79 Å². The van der Waals surface area contributed by atoms with E-state index < -0.39 is 17.8 Å². The number of carbonyl (C=O) groups is 3. The summed E-state index contributed by atoms with van der Waals surface area (Å²) in [7, 11) is 1.50. The third-order valence-electron chi connectivity index (χ3n) is 3.80. The predicted molar refractivity (Wildman–Crippen MR) is 111 cm³/mol. The lowest BCUT2D eigenvalue weighted by molar-refractivity contribution is -0.123. The van der Waals surface area contributed by atoms with Gasteiger partial charge in [0.15, 0.2) is 11.5 Å². The zero-order valence-electron chi connectivity index (χ0n) is 14.5. The molecule has 0 atom stereocenters. The molecule has 7 nitrogen and oxygen atoms in total. The van der Waals surface area contributed by atoms with Crippen LogP contribution in [0, 0.1) is 3.57 Å². The summed E-state index contributed by atoms with van der Waals surface area (Å²) >= 11 is 7.97. The molecule has 0 saturated carbocycles. The molecule has 1 fully saturated rings. The van der Waals surface area contributed by atoms with Gasteiger partial charge >= 0.3 is 6.03 Å². The Kier molecular flexibility index (Phi) is 6.20. The number of rotatable bonds is 5. The molecule has 1 aliphatic rings. The van der Waals surface area contributed by atoms with Gasteiger partial charge in [-0.2, -0.15) is 0 Å². The molecule has 0 aromatic heterocycles. The van der Waals surface area contributed by atoms with Crippen molar-refractivity contribution in [3.63, 3.8) is 0 Å². The first-order valence-electron chi connectivity index (χ1n) is 8.00. The summed E-state index contributed by atoms with van der Waals surface area (Å²) in [4.78, 5) is 34.9. The average molecular weight is 513 g/mol. The molecule has 1 heterocycles. The second-order valence-corrected chi connectivity index (χ2v) is 7.34. The zero-order chi connectivity index (χ0) is 20.3. The second-order valence-electron chi connectivity index (χ2n) is 5.74. The van der Waals surface area contributed by atoms with Crippen LogP contribution in [0.1, 0.15) is 11.1 Å². The van der Waals surface area contributed by atoms with Crippen LogP contribution < -0.4 is 20.1 Å². The number of imide groups is 2. The van der Waals surface area contributed by atoms with Crippen LogP contribution in [0.2, 0.25) is 5.02 Å². The van der Waals surface area contributed by atoms with E-state index in [9.17, 15) is 14.4 Å². The molecule has 2 aromatic rings.